The molecule has 14 heteroatoms. The lowest BCUT2D eigenvalue weighted by Gasteiger charge is -2.11. The van der Waals surface area contributed by atoms with Crippen molar-refractivity contribution in [2.45, 2.75) is 6.54 Å². The van der Waals surface area contributed by atoms with Crippen LogP contribution in [0.4, 0.5) is 16.4 Å². The maximum atomic E-state index is 12.2. The molecule has 0 saturated heterocycles. The third-order valence-electron chi connectivity index (χ3n) is 3.86. The second-order valence-electron chi connectivity index (χ2n) is 6.16. The van der Waals surface area contributed by atoms with Crippen LogP contribution in [0.25, 0.3) is 0 Å². The Hall–Kier alpha value is -4.13. The van der Waals surface area contributed by atoms with E-state index in [1.165, 1.54) is 7.11 Å². The molecule has 13 nitrogen and oxygen atoms in total. The zero-order valence-electron chi connectivity index (χ0n) is 17.0. The molecule has 3 amide bonds. The fraction of sp³-hybridized carbons (Fsp3) is 0.222. The number of halogens is 1. The predicted octanol–water partition coefficient (Wildman–Crippen LogP) is -0.375. The summed E-state index contributed by atoms with van der Waals surface area (Å²) in [4.78, 5) is 46.6. The van der Waals surface area contributed by atoms with E-state index in [1.807, 2.05) is 0 Å². The van der Waals surface area contributed by atoms with Gasteiger partial charge in [0.15, 0.2) is 28.4 Å². The lowest BCUT2D eigenvalue weighted by Crippen LogP contribution is -2.46. The Morgan fingerprint density at radius 2 is 1.72 bits per heavy atom. The Bertz CT molecular complexity index is 1030. The van der Waals surface area contributed by atoms with Crippen molar-refractivity contribution < 1.29 is 19.1 Å². The zero-order chi connectivity index (χ0) is 23.7. The third kappa shape index (κ3) is 6.98. The molecule has 32 heavy (non-hydrogen) atoms. The Kier molecular flexibility index (Phi) is 8.53. The summed E-state index contributed by atoms with van der Waals surface area (Å²) >= 11 is 5.76. The molecule has 0 spiro atoms. The number of methoxy groups -OCH3 is 1. The Morgan fingerprint density at radius 3 is 2.34 bits per heavy atom. The van der Waals surface area contributed by atoms with E-state index in [0.29, 0.717) is 5.56 Å². The summed E-state index contributed by atoms with van der Waals surface area (Å²) in [5.74, 6) is -1.20. The monoisotopic (exact) mass is 463 g/mol. The molecule has 1 aromatic heterocycles. The highest BCUT2D eigenvalue weighted by Gasteiger charge is 2.15. The predicted molar refractivity (Wildman–Crippen MR) is 118 cm³/mol. The van der Waals surface area contributed by atoms with Gasteiger partial charge in [-0.1, -0.05) is 23.7 Å². The number of nitrogens with one attached hydrogen (secondary N) is 3. The van der Waals surface area contributed by atoms with Crippen molar-refractivity contribution in [3.63, 3.8) is 0 Å². The van der Waals surface area contributed by atoms with Crippen LogP contribution in [0.2, 0.25) is 5.15 Å². The smallest absolute Gasteiger partial charge is 0.337 e. The Morgan fingerprint density at radius 1 is 1.06 bits per heavy atom. The van der Waals surface area contributed by atoms with Gasteiger partial charge in [-0.25, -0.2) is 24.5 Å². The number of anilines is 2. The number of nitrogens with two attached hydrogens (primary N) is 3. The maximum absolute atomic E-state index is 12.2. The first-order chi connectivity index (χ1) is 15.2. The van der Waals surface area contributed by atoms with Crippen molar-refractivity contribution in [1.29, 1.82) is 0 Å². The van der Waals surface area contributed by atoms with Gasteiger partial charge in [-0.3, -0.25) is 10.1 Å². The third-order valence-corrected chi connectivity index (χ3v) is 4.14. The van der Waals surface area contributed by atoms with Crippen molar-refractivity contribution in [2.75, 3.05) is 31.7 Å². The van der Waals surface area contributed by atoms with Crippen LogP contribution in [0.5, 0.6) is 0 Å². The Balaban J connectivity index is 1.92. The molecule has 0 fully saturated rings. The van der Waals surface area contributed by atoms with Gasteiger partial charge < -0.3 is 32.6 Å². The van der Waals surface area contributed by atoms with Gasteiger partial charge in [0.25, 0.3) is 5.91 Å². The van der Waals surface area contributed by atoms with Crippen LogP contribution in [0, 0.1) is 0 Å². The van der Waals surface area contributed by atoms with Crippen molar-refractivity contribution >= 4 is 47.1 Å². The normalized spacial score (nSPS) is 10.9. The summed E-state index contributed by atoms with van der Waals surface area (Å²) in [5.41, 5.74) is 17.3. The maximum Gasteiger partial charge on any atom is 0.337 e. The number of carbonyl (C=O) groups excluding carboxylic acids is 3. The number of guanidine groups is 1. The lowest BCUT2D eigenvalue weighted by atomic mass is 10.1. The summed E-state index contributed by atoms with van der Waals surface area (Å²) in [6, 6.07) is 5.76. The quantitative estimate of drug-likeness (QED) is 0.136. The topological polar surface area (TPSA) is 213 Å². The summed E-state index contributed by atoms with van der Waals surface area (Å²) in [6.45, 7) is 0.490. The van der Waals surface area contributed by atoms with Gasteiger partial charge in [0.2, 0.25) is 0 Å². The molecule has 170 valence electrons. The van der Waals surface area contributed by atoms with Gasteiger partial charge in [0.05, 0.1) is 19.2 Å². The van der Waals surface area contributed by atoms with Crippen LogP contribution < -0.4 is 33.2 Å². The molecule has 9 N–H and O–H groups in total. The number of ether oxygens (including phenoxy) is 1. The number of amides is 3. The standard InChI is InChI=1S/C18H22ClN9O4/c1-32-16(30)10-4-2-9(3-5-10)8-25-18(28-17(22)31)24-7-6-23-15(29)11-13(20)27-14(21)12(19)26-11/h2-5H,6-8H2,1H3,(H,23,29)(H4,20,21,27)(H4,22,24,25,28,31). The van der Waals surface area contributed by atoms with E-state index in [2.05, 4.69) is 35.6 Å². The molecule has 0 aliphatic carbocycles. The number of hydrogen-bond donors (Lipinski definition) is 6. The molecule has 0 bridgehead atoms. The molecule has 0 unspecified atom stereocenters. The van der Waals surface area contributed by atoms with Crippen molar-refractivity contribution in [2.24, 2.45) is 10.7 Å². The SMILES string of the molecule is COC(=O)c1ccc(CN=C(NCCNC(=O)c2nc(Cl)c(N)nc2N)NC(N)=O)cc1. The highest BCUT2D eigenvalue weighted by atomic mass is 35.5. The van der Waals surface area contributed by atoms with Crippen molar-refractivity contribution in [3.05, 3.63) is 46.2 Å². The van der Waals surface area contributed by atoms with Gasteiger partial charge >= 0.3 is 12.0 Å². The Labute approximate surface area is 187 Å². The number of primary amides is 1. The minimum absolute atomic E-state index is 0.0827. The van der Waals surface area contributed by atoms with E-state index in [0.717, 1.165) is 5.56 Å². The van der Waals surface area contributed by atoms with Crippen LogP contribution in [0.15, 0.2) is 29.3 Å². The number of urea groups is 1. The number of rotatable bonds is 7. The summed E-state index contributed by atoms with van der Waals surface area (Å²) in [5, 5.41) is 7.61. The average molecular weight is 464 g/mol. The zero-order valence-corrected chi connectivity index (χ0v) is 17.8. The second kappa shape index (κ2) is 11.3. The average Bonchev–Trinajstić information content (AvgIpc) is 2.76. The van der Waals surface area contributed by atoms with Crippen LogP contribution in [0.3, 0.4) is 0 Å². The first-order valence-electron chi connectivity index (χ1n) is 9.10. The van der Waals surface area contributed by atoms with Crippen molar-refractivity contribution in [3.8, 4) is 0 Å². The first-order valence-corrected chi connectivity index (χ1v) is 9.47. The minimum atomic E-state index is -0.819. The van der Waals surface area contributed by atoms with Gasteiger partial charge in [-0.05, 0) is 17.7 Å². The van der Waals surface area contributed by atoms with Crippen LogP contribution in [-0.4, -0.2) is 54.0 Å². The molecule has 2 rings (SSSR count). The van der Waals surface area contributed by atoms with Gasteiger partial charge in [0, 0.05) is 13.1 Å². The lowest BCUT2D eigenvalue weighted by molar-refractivity contribution is 0.0600. The van der Waals surface area contributed by atoms with Crippen LogP contribution in [-0.2, 0) is 11.3 Å². The highest BCUT2D eigenvalue weighted by molar-refractivity contribution is 6.31. The summed E-state index contributed by atoms with van der Waals surface area (Å²) in [6.07, 6.45) is 0. The van der Waals surface area contributed by atoms with E-state index in [9.17, 15) is 14.4 Å². The van der Waals surface area contributed by atoms with Crippen LogP contribution >= 0.6 is 11.6 Å². The van der Waals surface area contributed by atoms with E-state index < -0.39 is 17.9 Å². The molecule has 0 aliphatic heterocycles. The number of hydrogen-bond acceptors (Lipinski definition) is 9. The van der Waals surface area contributed by atoms with E-state index >= 15 is 0 Å². The molecule has 0 aliphatic rings. The summed E-state index contributed by atoms with van der Waals surface area (Å²) in [7, 11) is 1.30. The van der Waals surface area contributed by atoms with E-state index in [4.69, 9.17) is 28.8 Å². The van der Waals surface area contributed by atoms with Gasteiger partial charge in [0.1, 0.15) is 0 Å². The first kappa shape index (κ1) is 24.1. The van der Waals surface area contributed by atoms with Gasteiger partial charge in [-0.15, -0.1) is 0 Å². The minimum Gasteiger partial charge on any atom is -0.465 e. The van der Waals surface area contributed by atoms with Gasteiger partial charge in [-0.2, -0.15) is 0 Å². The fourth-order valence-corrected chi connectivity index (χ4v) is 2.47. The second-order valence-corrected chi connectivity index (χ2v) is 6.52. The highest BCUT2D eigenvalue weighted by Crippen LogP contribution is 2.17. The number of nitrogens with zero attached hydrogens (tertiary/aromatic N) is 3. The number of nitrogen functional groups attached to an aromatic ring is 2. The number of aromatic nitrogens is 2. The van der Waals surface area contributed by atoms with E-state index in [-0.39, 0.29) is 48.1 Å². The molecule has 0 saturated carbocycles. The molecule has 0 atom stereocenters. The molecule has 1 heterocycles. The molecule has 2 aromatic rings. The van der Waals surface area contributed by atoms with Crippen molar-refractivity contribution in [1.82, 2.24) is 25.9 Å². The number of benzene rings is 1. The molecular weight excluding hydrogens is 442 g/mol. The number of carbonyl (C=O) groups is 3. The number of esters is 1. The number of aliphatic imine (C=N–C) groups is 1. The molecular formula is C18H22ClN9O4. The van der Waals surface area contributed by atoms with Crippen LogP contribution in [0.1, 0.15) is 26.4 Å². The molecule has 0 radical (unpaired) electrons. The largest absolute Gasteiger partial charge is 0.465 e. The summed E-state index contributed by atoms with van der Waals surface area (Å²) < 4.78 is 4.64. The van der Waals surface area contributed by atoms with E-state index in [1.54, 1.807) is 24.3 Å². The fourth-order valence-electron chi connectivity index (χ4n) is 2.34. The molecule has 1 aromatic carbocycles.